The van der Waals surface area contributed by atoms with Crippen LogP contribution in [-0.4, -0.2) is 42.7 Å². The van der Waals surface area contributed by atoms with Crippen molar-refractivity contribution >= 4 is 47.3 Å². The second-order valence-electron chi connectivity index (χ2n) is 8.86. The number of nitrogens with one attached hydrogen (secondary N) is 1. The zero-order chi connectivity index (χ0) is 28.5. The van der Waals surface area contributed by atoms with Gasteiger partial charge in [-0.15, -0.1) is 0 Å². The van der Waals surface area contributed by atoms with E-state index in [1.807, 2.05) is 54.6 Å². The van der Waals surface area contributed by atoms with E-state index in [0.29, 0.717) is 46.6 Å². The van der Waals surface area contributed by atoms with E-state index in [-0.39, 0.29) is 5.97 Å². The number of benzene rings is 3. The highest BCUT2D eigenvalue weighted by molar-refractivity contribution is 6.35. The van der Waals surface area contributed by atoms with Gasteiger partial charge >= 0.3 is 11.9 Å². The molecule has 1 atom stereocenters. The molecule has 9 heteroatoms. The Kier molecular flexibility index (Phi) is 10.00. The molecule has 1 heterocycles. The zero-order valence-electron chi connectivity index (χ0n) is 22.0. The Hall–Kier alpha value is -4.07. The van der Waals surface area contributed by atoms with E-state index in [1.54, 1.807) is 24.4 Å². The van der Waals surface area contributed by atoms with Gasteiger partial charge in [0.25, 0.3) is 0 Å². The normalized spacial score (nSPS) is 11.8. The Balaban J connectivity index is 1.44. The van der Waals surface area contributed by atoms with Gasteiger partial charge < -0.3 is 19.2 Å². The minimum absolute atomic E-state index is 0.242. The number of hydrogen-bond acceptors (Lipinski definition) is 6. The summed E-state index contributed by atoms with van der Waals surface area (Å²) in [5.41, 5.74) is 4.18. The molecule has 0 bridgehead atoms. The first kappa shape index (κ1) is 28.9. The third-order valence-electron chi connectivity index (χ3n) is 6.17. The summed E-state index contributed by atoms with van der Waals surface area (Å²) in [6.45, 7) is 0.441. The van der Waals surface area contributed by atoms with Crippen molar-refractivity contribution in [1.29, 1.82) is 0 Å². The van der Waals surface area contributed by atoms with Gasteiger partial charge in [-0.3, -0.25) is 9.59 Å². The van der Waals surface area contributed by atoms with Gasteiger partial charge in [0, 0.05) is 22.7 Å². The molecule has 206 valence electrons. The Morgan fingerprint density at radius 3 is 2.48 bits per heavy atom. The number of hydrogen-bond donors (Lipinski definition) is 1. The van der Waals surface area contributed by atoms with Crippen LogP contribution in [0.25, 0.3) is 23.3 Å². The van der Waals surface area contributed by atoms with Crippen molar-refractivity contribution in [3.8, 4) is 16.9 Å². The van der Waals surface area contributed by atoms with Gasteiger partial charge in [0.1, 0.15) is 17.5 Å². The third kappa shape index (κ3) is 7.52. The summed E-state index contributed by atoms with van der Waals surface area (Å²) in [6.07, 6.45) is 6.30. The summed E-state index contributed by atoms with van der Waals surface area (Å²) in [6, 6.07) is 20.8. The number of ether oxygens (including phenoxy) is 3. The maximum absolute atomic E-state index is 12.6. The number of imidazole rings is 1. The first-order chi connectivity index (χ1) is 19.4. The molecule has 0 radical (unpaired) electrons. The molecule has 40 heavy (non-hydrogen) atoms. The molecule has 7 nitrogen and oxygen atoms in total. The van der Waals surface area contributed by atoms with Gasteiger partial charge in [-0.1, -0.05) is 65.7 Å². The van der Waals surface area contributed by atoms with E-state index in [4.69, 9.17) is 32.7 Å². The minimum atomic E-state index is -0.771. The maximum atomic E-state index is 12.6. The van der Waals surface area contributed by atoms with Crippen LogP contribution in [0.15, 0.2) is 72.9 Å². The fourth-order valence-electron chi connectivity index (χ4n) is 4.11. The second-order valence-corrected chi connectivity index (χ2v) is 9.70. The summed E-state index contributed by atoms with van der Waals surface area (Å²) in [7, 11) is 2.71. The summed E-state index contributed by atoms with van der Waals surface area (Å²) >= 11 is 12.4. The predicted octanol–water partition coefficient (Wildman–Crippen LogP) is 7.19. The lowest BCUT2D eigenvalue weighted by Crippen LogP contribution is -2.16. The van der Waals surface area contributed by atoms with Crippen molar-refractivity contribution in [3.63, 3.8) is 0 Å². The number of H-pyrrole nitrogens is 1. The molecule has 0 saturated heterocycles. The lowest BCUT2D eigenvalue weighted by molar-refractivity contribution is -0.142. The van der Waals surface area contributed by atoms with E-state index in [9.17, 15) is 9.59 Å². The molecule has 1 unspecified atom stereocenters. The fourth-order valence-corrected chi connectivity index (χ4v) is 4.62. The van der Waals surface area contributed by atoms with Crippen LogP contribution < -0.4 is 4.74 Å². The molecule has 4 rings (SSSR count). The third-order valence-corrected chi connectivity index (χ3v) is 6.73. The Bertz CT molecular complexity index is 1500. The van der Waals surface area contributed by atoms with E-state index < -0.39 is 11.9 Å². The van der Waals surface area contributed by atoms with Crippen molar-refractivity contribution in [2.45, 2.75) is 18.8 Å². The monoisotopic (exact) mass is 578 g/mol. The lowest BCUT2D eigenvalue weighted by atomic mass is 9.96. The molecule has 0 aliphatic rings. The maximum Gasteiger partial charge on any atom is 0.319 e. The highest BCUT2D eigenvalue weighted by atomic mass is 35.5. The molecular weight excluding hydrogens is 551 g/mol. The summed E-state index contributed by atoms with van der Waals surface area (Å²) < 4.78 is 15.4. The van der Waals surface area contributed by atoms with Crippen LogP contribution in [-0.2, 0) is 19.1 Å². The number of nitrogens with zero attached hydrogens (tertiary/aromatic N) is 1. The number of carbonyl (C=O) groups is 2. The number of carbonyl (C=O) groups excluding carboxylic acids is 2. The number of halogens is 2. The molecule has 0 saturated carbocycles. The Morgan fingerprint density at radius 2 is 1.75 bits per heavy atom. The standard InChI is InChI=1S/C31H28Cl2N2O5/c1-38-29(36)7-4-16-40-24-12-9-21(10-13-24)22-6-3-5-20(17-22)8-15-28-34-19-27(35-28)30(31(37)39-2)25-14-11-23(32)18-26(25)33/h3,5-6,8-15,17-19,30H,4,7,16H2,1-2H3,(H,34,35). The van der Waals surface area contributed by atoms with Crippen LogP contribution in [0, 0.1) is 0 Å². The van der Waals surface area contributed by atoms with E-state index >= 15 is 0 Å². The molecular formula is C31H28Cl2N2O5. The lowest BCUT2D eigenvalue weighted by Gasteiger charge is -2.15. The first-order valence-corrected chi connectivity index (χ1v) is 13.3. The molecule has 0 aliphatic heterocycles. The van der Waals surface area contributed by atoms with E-state index in [0.717, 1.165) is 22.4 Å². The van der Waals surface area contributed by atoms with Crippen LogP contribution in [0.1, 0.15) is 41.4 Å². The summed E-state index contributed by atoms with van der Waals surface area (Å²) in [5, 5.41) is 0.842. The largest absolute Gasteiger partial charge is 0.494 e. The number of aromatic nitrogens is 2. The van der Waals surface area contributed by atoms with Crippen LogP contribution >= 0.6 is 23.2 Å². The van der Waals surface area contributed by atoms with Crippen molar-refractivity contribution in [3.05, 3.63) is 106 Å². The van der Waals surface area contributed by atoms with Crippen molar-refractivity contribution < 1.29 is 23.8 Å². The van der Waals surface area contributed by atoms with Crippen LogP contribution in [0.5, 0.6) is 5.75 Å². The smallest absolute Gasteiger partial charge is 0.319 e. The van der Waals surface area contributed by atoms with Crippen molar-refractivity contribution in [2.75, 3.05) is 20.8 Å². The minimum Gasteiger partial charge on any atom is -0.494 e. The number of rotatable bonds is 11. The average molecular weight is 579 g/mol. The predicted molar refractivity (Wildman–Crippen MR) is 156 cm³/mol. The summed E-state index contributed by atoms with van der Waals surface area (Å²) in [5.74, 6) is -0.161. The summed E-state index contributed by atoms with van der Waals surface area (Å²) in [4.78, 5) is 31.4. The molecule has 0 amide bonds. The number of esters is 2. The number of aromatic amines is 1. The van der Waals surface area contributed by atoms with Gasteiger partial charge in [0.2, 0.25) is 0 Å². The van der Waals surface area contributed by atoms with Gasteiger partial charge in [-0.05, 0) is 65.1 Å². The van der Waals surface area contributed by atoms with E-state index in [1.165, 1.54) is 14.2 Å². The van der Waals surface area contributed by atoms with E-state index in [2.05, 4.69) is 20.8 Å². The molecule has 3 aromatic carbocycles. The highest BCUT2D eigenvalue weighted by Crippen LogP contribution is 2.32. The molecule has 0 spiro atoms. The van der Waals surface area contributed by atoms with Gasteiger partial charge in [0.15, 0.2) is 0 Å². The quantitative estimate of drug-likeness (QED) is 0.149. The van der Waals surface area contributed by atoms with Crippen molar-refractivity contribution in [1.82, 2.24) is 9.97 Å². The second kappa shape index (κ2) is 13.8. The van der Waals surface area contributed by atoms with Crippen LogP contribution in [0.2, 0.25) is 10.0 Å². The Labute approximate surface area is 242 Å². The van der Waals surface area contributed by atoms with Gasteiger partial charge in [-0.2, -0.15) is 0 Å². The molecule has 1 aromatic heterocycles. The fraction of sp³-hybridized carbons (Fsp3) is 0.194. The van der Waals surface area contributed by atoms with Crippen LogP contribution in [0.4, 0.5) is 0 Å². The molecule has 0 aliphatic carbocycles. The van der Waals surface area contributed by atoms with Gasteiger partial charge in [-0.25, -0.2) is 4.98 Å². The van der Waals surface area contributed by atoms with Crippen molar-refractivity contribution in [2.24, 2.45) is 0 Å². The first-order valence-electron chi connectivity index (χ1n) is 12.5. The number of methoxy groups -OCH3 is 2. The average Bonchev–Trinajstić information content (AvgIpc) is 3.44. The molecule has 4 aromatic rings. The topological polar surface area (TPSA) is 90.5 Å². The molecule has 1 N–H and O–H groups in total. The Morgan fingerprint density at radius 1 is 0.950 bits per heavy atom. The highest BCUT2D eigenvalue weighted by Gasteiger charge is 2.27. The zero-order valence-corrected chi connectivity index (χ0v) is 23.5. The van der Waals surface area contributed by atoms with Gasteiger partial charge in [0.05, 0.1) is 26.5 Å². The SMILES string of the molecule is COC(=O)CCCOc1ccc(-c2cccc(C=Cc3ncc(C(C(=O)OC)c4ccc(Cl)cc4Cl)[nH]3)c2)cc1. The molecule has 0 fully saturated rings. The van der Waals surface area contributed by atoms with Crippen LogP contribution in [0.3, 0.4) is 0 Å².